The zero-order valence-corrected chi connectivity index (χ0v) is 13.3. The van der Waals surface area contributed by atoms with Crippen LogP contribution < -0.4 is 20.1 Å². The summed E-state index contributed by atoms with van der Waals surface area (Å²) in [6, 6.07) is 5.01. The standard InChI is InChI=1S/C16H16N4O4/c1-8-5-12(21)17-15-13(8)14(19-20(15)2)18-16(22)9-3-4-10-11(6-9)24-7-23-10/h3-4,6,8H,5,7H2,1-2H3,(H,17,21)(H,18,19,22)/t8-/m1/s1. The van der Waals surface area contributed by atoms with Gasteiger partial charge in [0.15, 0.2) is 17.3 Å². The molecule has 2 aliphatic heterocycles. The maximum atomic E-state index is 12.5. The van der Waals surface area contributed by atoms with Crippen LogP contribution in [0.5, 0.6) is 11.5 Å². The van der Waals surface area contributed by atoms with Gasteiger partial charge in [0, 0.05) is 24.6 Å². The van der Waals surface area contributed by atoms with Crippen molar-refractivity contribution in [1.82, 2.24) is 9.78 Å². The first kappa shape index (κ1) is 14.6. The number of aryl methyl sites for hydroxylation is 1. The van der Waals surface area contributed by atoms with Crippen molar-refractivity contribution in [3.8, 4) is 11.5 Å². The molecule has 0 radical (unpaired) electrons. The molecular weight excluding hydrogens is 312 g/mol. The van der Waals surface area contributed by atoms with Crippen LogP contribution in [0.25, 0.3) is 0 Å². The molecule has 1 atom stereocenters. The van der Waals surface area contributed by atoms with Crippen LogP contribution in [-0.2, 0) is 11.8 Å². The van der Waals surface area contributed by atoms with E-state index in [1.165, 1.54) is 0 Å². The number of carbonyl (C=O) groups excluding carboxylic acids is 2. The van der Waals surface area contributed by atoms with Gasteiger partial charge in [-0.2, -0.15) is 5.10 Å². The molecule has 8 nitrogen and oxygen atoms in total. The number of benzene rings is 1. The predicted molar refractivity (Wildman–Crippen MR) is 85.4 cm³/mol. The van der Waals surface area contributed by atoms with Crippen molar-refractivity contribution in [2.24, 2.45) is 7.05 Å². The van der Waals surface area contributed by atoms with Gasteiger partial charge in [-0.1, -0.05) is 6.92 Å². The number of nitrogens with one attached hydrogen (secondary N) is 2. The average Bonchev–Trinajstić information content (AvgIpc) is 3.11. The van der Waals surface area contributed by atoms with Crippen molar-refractivity contribution in [2.45, 2.75) is 19.3 Å². The van der Waals surface area contributed by atoms with E-state index in [4.69, 9.17) is 9.47 Å². The van der Waals surface area contributed by atoms with Crippen LogP contribution in [0.15, 0.2) is 18.2 Å². The number of rotatable bonds is 2. The van der Waals surface area contributed by atoms with E-state index in [9.17, 15) is 9.59 Å². The Balaban J connectivity index is 1.63. The van der Waals surface area contributed by atoms with Crippen molar-refractivity contribution in [1.29, 1.82) is 0 Å². The molecule has 0 fully saturated rings. The molecule has 24 heavy (non-hydrogen) atoms. The summed E-state index contributed by atoms with van der Waals surface area (Å²) in [5.41, 5.74) is 1.29. The lowest BCUT2D eigenvalue weighted by Gasteiger charge is -2.20. The van der Waals surface area contributed by atoms with Gasteiger partial charge in [0.1, 0.15) is 5.82 Å². The molecule has 2 aliphatic rings. The number of aromatic nitrogens is 2. The second kappa shape index (κ2) is 5.26. The van der Waals surface area contributed by atoms with Crippen LogP contribution in [0, 0.1) is 0 Å². The number of anilines is 2. The van der Waals surface area contributed by atoms with Crippen LogP contribution in [0.2, 0.25) is 0 Å². The Morgan fingerprint density at radius 2 is 2.17 bits per heavy atom. The lowest BCUT2D eigenvalue weighted by atomic mass is 9.95. The third-order valence-corrected chi connectivity index (χ3v) is 4.19. The lowest BCUT2D eigenvalue weighted by Crippen LogP contribution is -2.23. The zero-order valence-electron chi connectivity index (χ0n) is 13.3. The normalized spacial score (nSPS) is 18.1. The quantitative estimate of drug-likeness (QED) is 0.877. The summed E-state index contributed by atoms with van der Waals surface area (Å²) >= 11 is 0. The number of hydrogen-bond acceptors (Lipinski definition) is 5. The van der Waals surface area contributed by atoms with Crippen LogP contribution in [0.3, 0.4) is 0 Å². The minimum absolute atomic E-state index is 0.0190. The van der Waals surface area contributed by atoms with Crippen LogP contribution in [-0.4, -0.2) is 28.4 Å². The second-order valence-corrected chi connectivity index (χ2v) is 5.91. The topological polar surface area (TPSA) is 94.5 Å². The third kappa shape index (κ3) is 2.27. The summed E-state index contributed by atoms with van der Waals surface area (Å²) in [6.45, 7) is 2.10. The molecule has 4 rings (SSSR count). The van der Waals surface area contributed by atoms with E-state index < -0.39 is 0 Å². The Bertz CT molecular complexity index is 858. The van der Waals surface area contributed by atoms with Gasteiger partial charge in [0.2, 0.25) is 12.7 Å². The highest BCUT2D eigenvalue weighted by molar-refractivity contribution is 6.05. The predicted octanol–water partition coefficient (Wildman–Crippen LogP) is 1.85. The highest BCUT2D eigenvalue weighted by atomic mass is 16.7. The van der Waals surface area contributed by atoms with Gasteiger partial charge in [0.25, 0.3) is 5.91 Å². The molecule has 1 aromatic carbocycles. The molecule has 2 N–H and O–H groups in total. The summed E-state index contributed by atoms with van der Waals surface area (Å²) in [7, 11) is 1.73. The molecule has 1 aromatic heterocycles. The third-order valence-electron chi connectivity index (χ3n) is 4.19. The van der Waals surface area contributed by atoms with Crippen molar-refractivity contribution in [3.05, 3.63) is 29.3 Å². The first-order valence-corrected chi connectivity index (χ1v) is 7.60. The minimum Gasteiger partial charge on any atom is -0.454 e. The molecule has 2 amide bonds. The highest BCUT2D eigenvalue weighted by Crippen LogP contribution is 2.37. The van der Waals surface area contributed by atoms with E-state index in [-0.39, 0.29) is 24.5 Å². The molecule has 0 saturated carbocycles. The van der Waals surface area contributed by atoms with Crippen molar-refractivity contribution < 1.29 is 19.1 Å². The SMILES string of the molecule is C[C@@H]1CC(=O)Nc2c1c(NC(=O)c1ccc3c(c1)OCO3)nn2C. The van der Waals surface area contributed by atoms with E-state index in [0.29, 0.717) is 35.1 Å². The Hall–Kier alpha value is -3.03. The van der Waals surface area contributed by atoms with Crippen molar-refractivity contribution in [2.75, 3.05) is 17.4 Å². The minimum atomic E-state index is -0.293. The summed E-state index contributed by atoms with van der Waals surface area (Å²) in [5.74, 6) is 1.89. The summed E-state index contributed by atoms with van der Waals surface area (Å²) in [6.07, 6.45) is 0.367. The number of nitrogens with zero attached hydrogens (tertiary/aromatic N) is 2. The molecule has 3 heterocycles. The Morgan fingerprint density at radius 1 is 1.38 bits per heavy atom. The molecule has 0 aliphatic carbocycles. The van der Waals surface area contributed by atoms with Gasteiger partial charge in [-0.05, 0) is 24.1 Å². The van der Waals surface area contributed by atoms with Gasteiger partial charge in [-0.15, -0.1) is 0 Å². The molecule has 0 spiro atoms. The first-order chi connectivity index (χ1) is 11.5. The molecular formula is C16H16N4O4. The molecule has 8 heteroatoms. The molecule has 0 saturated heterocycles. The molecule has 2 aromatic rings. The molecule has 0 bridgehead atoms. The van der Waals surface area contributed by atoms with E-state index in [0.717, 1.165) is 5.56 Å². The number of ether oxygens (including phenoxy) is 2. The fourth-order valence-corrected chi connectivity index (χ4v) is 3.03. The van der Waals surface area contributed by atoms with Gasteiger partial charge in [-0.25, -0.2) is 0 Å². The molecule has 124 valence electrons. The molecule has 0 unspecified atom stereocenters. The van der Waals surface area contributed by atoms with E-state index in [2.05, 4.69) is 15.7 Å². The van der Waals surface area contributed by atoms with Crippen molar-refractivity contribution in [3.63, 3.8) is 0 Å². The Labute approximate surface area is 137 Å². The maximum Gasteiger partial charge on any atom is 0.257 e. The summed E-state index contributed by atoms with van der Waals surface area (Å²) in [5, 5.41) is 9.95. The summed E-state index contributed by atoms with van der Waals surface area (Å²) in [4.78, 5) is 24.2. The zero-order chi connectivity index (χ0) is 16.8. The maximum absolute atomic E-state index is 12.5. The van der Waals surface area contributed by atoms with Gasteiger partial charge >= 0.3 is 0 Å². The summed E-state index contributed by atoms with van der Waals surface area (Å²) < 4.78 is 12.1. The smallest absolute Gasteiger partial charge is 0.257 e. The van der Waals surface area contributed by atoms with Crippen LogP contribution >= 0.6 is 0 Å². The van der Waals surface area contributed by atoms with Gasteiger partial charge in [0.05, 0.1) is 0 Å². The van der Waals surface area contributed by atoms with Crippen molar-refractivity contribution >= 4 is 23.5 Å². The Kier molecular flexibility index (Phi) is 3.19. The second-order valence-electron chi connectivity index (χ2n) is 5.91. The number of fused-ring (bicyclic) bond motifs is 2. The van der Waals surface area contributed by atoms with E-state index in [1.807, 2.05) is 6.92 Å². The number of hydrogen-bond donors (Lipinski definition) is 2. The lowest BCUT2D eigenvalue weighted by molar-refractivity contribution is -0.116. The fourth-order valence-electron chi connectivity index (χ4n) is 3.03. The highest BCUT2D eigenvalue weighted by Gasteiger charge is 2.30. The van der Waals surface area contributed by atoms with Crippen LogP contribution in [0.1, 0.15) is 35.2 Å². The first-order valence-electron chi connectivity index (χ1n) is 7.60. The fraction of sp³-hybridized carbons (Fsp3) is 0.312. The number of carbonyl (C=O) groups is 2. The number of amides is 2. The van der Waals surface area contributed by atoms with Gasteiger partial charge in [-0.3, -0.25) is 14.3 Å². The average molecular weight is 328 g/mol. The van der Waals surface area contributed by atoms with E-state index in [1.54, 1.807) is 29.9 Å². The van der Waals surface area contributed by atoms with Gasteiger partial charge < -0.3 is 20.1 Å². The Morgan fingerprint density at radius 3 is 3.00 bits per heavy atom. The monoisotopic (exact) mass is 328 g/mol. The largest absolute Gasteiger partial charge is 0.454 e. The van der Waals surface area contributed by atoms with E-state index >= 15 is 0 Å². The van der Waals surface area contributed by atoms with Crippen LogP contribution in [0.4, 0.5) is 11.6 Å².